The van der Waals surface area contributed by atoms with Crippen LogP contribution in [0.1, 0.15) is 28.7 Å². The summed E-state index contributed by atoms with van der Waals surface area (Å²) in [6.45, 7) is 4.67. The molecule has 1 heterocycles. The zero-order valence-electron chi connectivity index (χ0n) is 12.1. The fourth-order valence-electron chi connectivity index (χ4n) is 2.13. The van der Waals surface area contributed by atoms with Crippen LogP contribution in [-0.4, -0.2) is 22.7 Å². The molecule has 1 aromatic heterocycles. The number of methoxy groups -OCH3 is 1. The Morgan fingerprint density at radius 2 is 2.10 bits per heavy atom. The number of nitrogens with zero attached hydrogens (tertiary/aromatic N) is 2. The quantitative estimate of drug-likeness (QED) is 0.688. The van der Waals surface area contributed by atoms with Crippen LogP contribution in [0.3, 0.4) is 0 Å². The van der Waals surface area contributed by atoms with Crippen LogP contribution in [0.25, 0.3) is 0 Å². The number of ketones is 1. The molecule has 0 amide bonds. The van der Waals surface area contributed by atoms with Gasteiger partial charge in [-0.15, -0.1) is 0 Å². The van der Waals surface area contributed by atoms with E-state index >= 15 is 0 Å². The zero-order valence-corrected chi connectivity index (χ0v) is 15.3. The Morgan fingerprint density at radius 3 is 2.67 bits per heavy atom. The van der Waals surface area contributed by atoms with Crippen molar-refractivity contribution < 1.29 is 9.53 Å². The van der Waals surface area contributed by atoms with Crippen molar-refractivity contribution in [2.45, 2.75) is 26.8 Å². The topological polar surface area (TPSA) is 44.1 Å². The van der Waals surface area contributed by atoms with Crippen LogP contribution in [-0.2, 0) is 13.0 Å². The van der Waals surface area contributed by atoms with Crippen LogP contribution in [0.2, 0.25) is 0 Å². The number of carbonyl (C=O) groups is 1. The van der Waals surface area contributed by atoms with Crippen molar-refractivity contribution in [1.82, 2.24) is 9.78 Å². The smallest absolute Gasteiger partial charge is 0.168 e. The van der Waals surface area contributed by atoms with Crippen LogP contribution in [0.5, 0.6) is 5.75 Å². The molecule has 2 rings (SSSR count). The number of aryl methyl sites for hydroxylation is 2. The molecule has 1 aromatic carbocycles. The summed E-state index contributed by atoms with van der Waals surface area (Å²) < 4.78 is 8.72. The molecule has 0 spiro atoms. The Bertz CT molecular complexity index is 681. The summed E-state index contributed by atoms with van der Waals surface area (Å²) in [6, 6.07) is 5.35. The number of ether oxygens (including phenoxy) is 1. The number of carbonyl (C=O) groups excluding carboxylic acids is 1. The van der Waals surface area contributed by atoms with Crippen LogP contribution in [0.15, 0.2) is 27.1 Å². The minimum atomic E-state index is 0.0497. The van der Waals surface area contributed by atoms with E-state index < -0.39 is 0 Å². The first kappa shape index (κ1) is 16.2. The van der Waals surface area contributed by atoms with Gasteiger partial charge in [0.1, 0.15) is 5.75 Å². The monoisotopic (exact) mass is 414 g/mol. The normalized spacial score (nSPS) is 10.7. The largest absolute Gasteiger partial charge is 0.496 e. The molecule has 0 aliphatic carbocycles. The van der Waals surface area contributed by atoms with E-state index in [1.165, 1.54) is 0 Å². The molecule has 4 nitrogen and oxygen atoms in total. The summed E-state index contributed by atoms with van der Waals surface area (Å²) in [5, 5.41) is 4.41. The summed E-state index contributed by atoms with van der Waals surface area (Å²) in [4.78, 5) is 12.5. The van der Waals surface area contributed by atoms with Crippen molar-refractivity contribution in [1.29, 1.82) is 0 Å². The van der Waals surface area contributed by atoms with E-state index in [2.05, 4.69) is 37.0 Å². The lowest BCUT2D eigenvalue weighted by Crippen LogP contribution is -2.10. The number of aromatic nitrogens is 2. The fourth-order valence-corrected chi connectivity index (χ4v) is 3.10. The van der Waals surface area contributed by atoms with E-state index in [0.717, 1.165) is 26.9 Å². The second kappa shape index (κ2) is 6.75. The summed E-state index contributed by atoms with van der Waals surface area (Å²) in [7, 11) is 1.60. The third-order valence-corrected chi connectivity index (χ3v) is 4.91. The van der Waals surface area contributed by atoms with E-state index in [4.69, 9.17) is 4.74 Å². The van der Waals surface area contributed by atoms with Gasteiger partial charge in [-0.05, 0) is 63.9 Å². The molecule has 2 aromatic rings. The van der Waals surface area contributed by atoms with Gasteiger partial charge in [-0.1, -0.05) is 0 Å². The van der Waals surface area contributed by atoms with Crippen molar-refractivity contribution in [2.24, 2.45) is 0 Å². The van der Waals surface area contributed by atoms with Crippen molar-refractivity contribution >= 4 is 37.6 Å². The Balaban J connectivity index is 2.28. The van der Waals surface area contributed by atoms with Gasteiger partial charge in [0.15, 0.2) is 5.78 Å². The molecule has 21 heavy (non-hydrogen) atoms. The Kier molecular flexibility index (Phi) is 5.22. The molecule has 0 saturated carbocycles. The maximum atomic E-state index is 12.5. The number of benzene rings is 1. The summed E-state index contributed by atoms with van der Waals surface area (Å²) in [5.74, 6) is 0.760. The van der Waals surface area contributed by atoms with Gasteiger partial charge in [-0.25, -0.2) is 0 Å². The second-order valence-corrected chi connectivity index (χ2v) is 6.26. The molecule has 0 unspecified atom stereocenters. The van der Waals surface area contributed by atoms with E-state index in [1.807, 2.05) is 18.5 Å². The number of rotatable bonds is 5. The van der Waals surface area contributed by atoms with Gasteiger partial charge in [0.25, 0.3) is 0 Å². The molecule has 0 aliphatic rings. The molecule has 6 heteroatoms. The van der Waals surface area contributed by atoms with Gasteiger partial charge in [-0.2, -0.15) is 5.10 Å². The fraction of sp³-hybridized carbons (Fsp3) is 0.333. The molecule has 0 fully saturated rings. The lowest BCUT2D eigenvalue weighted by atomic mass is 10.1. The maximum Gasteiger partial charge on any atom is 0.168 e. The van der Waals surface area contributed by atoms with E-state index in [-0.39, 0.29) is 5.78 Å². The zero-order chi connectivity index (χ0) is 15.6. The van der Waals surface area contributed by atoms with E-state index in [0.29, 0.717) is 17.7 Å². The SMILES string of the molecule is CCn1nc(C)c(Br)c1CC(=O)c1ccc(OC)c(Br)c1. The van der Waals surface area contributed by atoms with Gasteiger partial charge < -0.3 is 4.74 Å². The maximum absolute atomic E-state index is 12.5. The Hall–Kier alpha value is -1.14. The van der Waals surface area contributed by atoms with Gasteiger partial charge in [0.05, 0.1) is 33.9 Å². The summed E-state index contributed by atoms with van der Waals surface area (Å²) in [5.41, 5.74) is 2.46. The standard InChI is InChI=1S/C15H16Br2N2O2/c1-4-19-12(15(17)9(2)18-19)8-13(20)10-5-6-14(21-3)11(16)7-10/h5-7H,4,8H2,1-3H3. The first-order valence-corrected chi connectivity index (χ1v) is 8.15. The number of Topliss-reactive ketones (excluding diaryl/α,β-unsaturated/α-hetero) is 1. The van der Waals surface area contributed by atoms with Gasteiger partial charge in [-0.3, -0.25) is 9.48 Å². The lowest BCUT2D eigenvalue weighted by molar-refractivity contribution is 0.0990. The van der Waals surface area contributed by atoms with E-state index in [9.17, 15) is 4.79 Å². The number of halogens is 2. The highest BCUT2D eigenvalue weighted by Crippen LogP contribution is 2.27. The van der Waals surface area contributed by atoms with Crippen molar-refractivity contribution in [2.75, 3.05) is 7.11 Å². The molecule has 112 valence electrons. The van der Waals surface area contributed by atoms with Crippen molar-refractivity contribution in [3.8, 4) is 5.75 Å². The average Bonchev–Trinajstić information content (AvgIpc) is 2.74. The average molecular weight is 416 g/mol. The predicted octanol–water partition coefficient (Wildman–Crippen LogP) is 4.17. The van der Waals surface area contributed by atoms with Crippen LogP contribution >= 0.6 is 31.9 Å². The summed E-state index contributed by atoms with van der Waals surface area (Å²) >= 11 is 6.92. The molecule has 0 atom stereocenters. The number of hydrogen-bond acceptors (Lipinski definition) is 3. The van der Waals surface area contributed by atoms with Gasteiger partial charge in [0, 0.05) is 12.1 Å². The van der Waals surface area contributed by atoms with Gasteiger partial charge >= 0.3 is 0 Å². The third-order valence-electron chi connectivity index (χ3n) is 3.25. The minimum absolute atomic E-state index is 0.0497. The molecule has 0 aliphatic heterocycles. The highest BCUT2D eigenvalue weighted by molar-refractivity contribution is 9.10. The van der Waals surface area contributed by atoms with Crippen molar-refractivity contribution in [3.05, 3.63) is 44.1 Å². The minimum Gasteiger partial charge on any atom is -0.496 e. The summed E-state index contributed by atoms with van der Waals surface area (Å²) in [6.07, 6.45) is 0.314. The molecule has 0 bridgehead atoms. The van der Waals surface area contributed by atoms with Crippen LogP contribution in [0, 0.1) is 6.92 Å². The molecule has 0 saturated heterocycles. The highest BCUT2D eigenvalue weighted by Gasteiger charge is 2.17. The first-order valence-electron chi connectivity index (χ1n) is 6.56. The lowest BCUT2D eigenvalue weighted by Gasteiger charge is -2.07. The first-order chi connectivity index (χ1) is 9.97. The Labute approximate surface area is 140 Å². The van der Waals surface area contributed by atoms with Crippen LogP contribution < -0.4 is 4.74 Å². The highest BCUT2D eigenvalue weighted by atomic mass is 79.9. The number of hydrogen-bond donors (Lipinski definition) is 0. The molecule has 0 N–H and O–H groups in total. The predicted molar refractivity (Wildman–Crippen MR) is 89.1 cm³/mol. The van der Waals surface area contributed by atoms with E-state index in [1.54, 1.807) is 25.3 Å². The molecular formula is C15H16Br2N2O2. The molecular weight excluding hydrogens is 400 g/mol. The van der Waals surface area contributed by atoms with Crippen LogP contribution in [0.4, 0.5) is 0 Å². The van der Waals surface area contributed by atoms with Crippen molar-refractivity contribution in [3.63, 3.8) is 0 Å². The Morgan fingerprint density at radius 1 is 1.38 bits per heavy atom. The van der Waals surface area contributed by atoms with Gasteiger partial charge in [0.2, 0.25) is 0 Å². The molecule has 0 radical (unpaired) electrons. The third kappa shape index (κ3) is 3.37. The second-order valence-electron chi connectivity index (χ2n) is 4.61.